The van der Waals surface area contributed by atoms with Gasteiger partial charge in [-0.05, 0) is 56.3 Å². The fourth-order valence-electron chi connectivity index (χ4n) is 3.16. The quantitative estimate of drug-likeness (QED) is 0.583. The first-order chi connectivity index (χ1) is 13.6. The molecule has 152 valence electrons. The van der Waals surface area contributed by atoms with E-state index in [2.05, 4.69) is 21.2 Å². The topological polar surface area (TPSA) is 103 Å². The molecule has 1 heterocycles. The molecule has 7 nitrogen and oxygen atoms in total. The number of hydrogen-bond donors (Lipinski definition) is 2. The molecule has 3 N–H and O–H groups in total. The highest BCUT2D eigenvalue weighted by Gasteiger charge is 2.19. The van der Waals surface area contributed by atoms with Crippen molar-refractivity contribution in [1.29, 1.82) is 0 Å². The summed E-state index contributed by atoms with van der Waals surface area (Å²) in [5, 5.41) is 7.92. The minimum atomic E-state index is -3.92. The van der Waals surface area contributed by atoms with Gasteiger partial charge in [-0.2, -0.15) is 0 Å². The molecule has 1 aromatic heterocycles. The molecule has 0 bridgehead atoms. The third-order valence-electron chi connectivity index (χ3n) is 4.49. The summed E-state index contributed by atoms with van der Waals surface area (Å²) in [7, 11) is -2.49. The van der Waals surface area contributed by atoms with Crippen LogP contribution in [-0.4, -0.2) is 26.0 Å². The van der Waals surface area contributed by atoms with E-state index in [-0.39, 0.29) is 16.5 Å². The van der Waals surface area contributed by atoms with Crippen molar-refractivity contribution in [2.75, 3.05) is 12.4 Å². The molecule has 1 amide bonds. The van der Waals surface area contributed by atoms with Gasteiger partial charge in [0.15, 0.2) is 0 Å². The van der Waals surface area contributed by atoms with E-state index >= 15 is 0 Å². The van der Waals surface area contributed by atoms with Gasteiger partial charge in [-0.15, -0.1) is 0 Å². The van der Waals surface area contributed by atoms with Gasteiger partial charge < -0.3 is 14.6 Å². The molecule has 0 spiro atoms. The van der Waals surface area contributed by atoms with E-state index in [1.807, 2.05) is 42.7 Å². The summed E-state index contributed by atoms with van der Waals surface area (Å²) in [6, 6.07) is 13.6. The van der Waals surface area contributed by atoms with Gasteiger partial charge in [-0.25, -0.2) is 13.6 Å². The standard InChI is InChI=1S/C20H20BrN3O4S/c1-12-9-17(13(2)24(12)15-6-4-5-14(21)10-15)20(25)23-18-11-16(29(22,26)27)7-8-19(18)28-3/h4-11H,1-3H3,(H,23,25)(H2,22,26,27). The van der Waals surface area contributed by atoms with E-state index in [1.54, 1.807) is 6.07 Å². The van der Waals surface area contributed by atoms with Crippen LogP contribution < -0.4 is 15.2 Å². The summed E-state index contributed by atoms with van der Waals surface area (Å²) in [6.45, 7) is 3.76. The van der Waals surface area contributed by atoms with Crippen LogP contribution in [0.2, 0.25) is 0 Å². The van der Waals surface area contributed by atoms with Crippen molar-refractivity contribution in [2.45, 2.75) is 18.7 Å². The third-order valence-corrected chi connectivity index (χ3v) is 5.89. The molecule has 3 aromatic rings. The van der Waals surface area contributed by atoms with Gasteiger partial charge in [0, 0.05) is 21.5 Å². The number of nitrogens with one attached hydrogen (secondary N) is 1. The molecule has 3 rings (SSSR count). The number of sulfonamides is 1. The number of amides is 1. The second-order valence-electron chi connectivity index (χ2n) is 6.46. The Hall–Kier alpha value is -2.62. The number of primary sulfonamides is 1. The fourth-order valence-corrected chi connectivity index (χ4v) is 4.08. The first kappa shape index (κ1) is 21.1. The molecule has 9 heteroatoms. The Morgan fingerprint density at radius 1 is 1.14 bits per heavy atom. The molecule has 0 aliphatic carbocycles. The summed E-state index contributed by atoms with van der Waals surface area (Å²) in [4.78, 5) is 12.8. The highest BCUT2D eigenvalue weighted by atomic mass is 79.9. The summed E-state index contributed by atoms with van der Waals surface area (Å²) in [5.41, 5.74) is 3.24. The van der Waals surface area contributed by atoms with E-state index in [9.17, 15) is 13.2 Å². The van der Waals surface area contributed by atoms with Crippen LogP contribution in [0.4, 0.5) is 5.69 Å². The van der Waals surface area contributed by atoms with Crippen LogP contribution in [0.15, 0.2) is 57.9 Å². The first-order valence-corrected chi connectivity index (χ1v) is 10.9. The summed E-state index contributed by atoms with van der Waals surface area (Å²) < 4.78 is 31.4. The number of ether oxygens (including phenoxy) is 1. The highest BCUT2D eigenvalue weighted by Crippen LogP contribution is 2.29. The number of aryl methyl sites for hydroxylation is 1. The number of rotatable bonds is 5. The van der Waals surface area contributed by atoms with Crippen LogP contribution in [-0.2, 0) is 10.0 Å². The van der Waals surface area contributed by atoms with Crippen LogP contribution in [0.5, 0.6) is 5.75 Å². The van der Waals surface area contributed by atoms with Crippen LogP contribution in [0.3, 0.4) is 0 Å². The molecule has 0 atom stereocenters. The number of methoxy groups -OCH3 is 1. The van der Waals surface area contributed by atoms with E-state index in [0.29, 0.717) is 11.3 Å². The third kappa shape index (κ3) is 4.36. The molecular weight excluding hydrogens is 458 g/mol. The number of aromatic nitrogens is 1. The normalized spacial score (nSPS) is 11.3. The zero-order valence-corrected chi connectivity index (χ0v) is 18.5. The van der Waals surface area contributed by atoms with Crippen molar-refractivity contribution in [2.24, 2.45) is 5.14 Å². The molecule has 0 aliphatic rings. The Bertz CT molecular complexity index is 1200. The van der Waals surface area contributed by atoms with E-state index in [1.165, 1.54) is 25.3 Å². The van der Waals surface area contributed by atoms with E-state index < -0.39 is 10.0 Å². The largest absolute Gasteiger partial charge is 0.495 e. The Morgan fingerprint density at radius 2 is 1.86 bits per heavy atom. The molecule has 0 saturated carbocycles. The highest BCUT2D eigenvalue weighted by molar-refractivity contribution is 9.10. The molecule has 0 unspecified atom stereocenters. The lowest BCUT2D eigenvalue weighted by atomic mass is 10.2. The summed E-state index contributed by atoms with van der Waals surface area (Å²) >= 11 is 3.46. The van der Waals surface area contributed by atoms with Gasteiger partial charge in [-0.1, -0.05) is 22.0 Å². The van der Waals surface area contributed by atoms with Gasteiger partial charge in [0.05, 0.1) is 23.3 Å². The maximum Gasteiger partial charge on any atom is 0.257 e. The van der Waals surface area contributed by atoms with Crippen molar-refractivity contribution in [3.8, 4) is 11.4 Å². The second-order valence-corrected chi connectivity index (χ2v) is 8.94. The average molecular weight is 478 g/mol. The second kappa shape index (κ2) is 8.02. The van der Waals surface area contributed by atoms with Crippen molar-refractivity contribution in [3.05, 3.63) is 70.0 Å². The molecule has 0 fully saturated rings. The summed E-state index contributed by atoms with van der Waals surface area (Å²) in [5.74, 6) is -0.0595. The first-order valence-electron chi connectivity index (χ1n) is 8.59. The Morgan fingerprint density at radius 3 is 2.48 bits per heavy atom. The minimum absolute atomic E-state index is 0.117. The maximum atomic E-state index is 13.0. The van der Waals surface area contributed by atoms with Gasteiger partial charge >= 0.3 is 0 Å². The lowest BCUT2D eigenvalue weighted by molar-refractivity contribution is 0.102. The number of carbonyl (C=O) groups is 1. The zero-order chi connectivity index (χ0) is 21.3. The minimum Gasteiger partial charge on any atom is -0.495 e. The Labute approximate surface area is 177 Å². The lowest BCUT2D eigenvalue weighted by Crippen LogP contribution is -2.16. The molecule has 2 aromatic carbocycles. The molecule has 29 heavy (non-hydrogen) atoms. The van der Waals surface area contributed by atoms with Crippen LogP contribution in [0.1, 0.15) is 21.7 Å². The van der Waals surface area contributed by atoms with Crippen LogP contribution in [0.25, 0.3) is 5.69 Å². The average Bonchev–Trinajstić information content (AvgIpc) is 2.95. The maximum absolute atomic E-state index is 13.0. The number of nitrogens with zero attached hydrogens (tertiary/aromatic N) is 1. The zero-order valence-electron chi connectivity index (χ0n) is 16.1. The monoisotopic (exact) mass is 477 g/mol. The van der Waals surface area contributed by atoms with E-state index in [0.717, 1.165) is 21.5 Å². The van der Waals surface area contributed by atoms with Crippen LogP contribution >= 0.6 is 15.9 Å². The number of carbonyl (C=O) groups excluding carboxylic acids is 1. The van der Waals surface area contributed by atoms with Gasteiger partial charge in [0.2, 0.25) is 10.0 Å². The predicted molar refractivity (Wildman–Crippen MR) is 115 cm³/mol. The number of benzene rings is 2. The number of anilines is 1. The van der Waals surface area contributed by atoms with Gasteiger partial charge in [-0.3, -0.25) is 4.79 Å². The Balaban J connectivity index is 2.00. The molecule has 0 saturated heterocycles. The van der Waals surface area contributed by atoms with Crippen molar-refractivity contribution < 1.29 is 17.9 Å². The Kier molecular flexibility index (Phi) is 5.83. The van der Waals surface area contributed by atoms with Crippen LogP contribution in [0, 0.1) is 13.8 Å². The smallest absolute Gasteiger partial charge is 0.257 e. The predicted octanol–water partition coefficient (Wildman–Crippen LogP) is 3.76. The van der Waals surface area contributed by atoms with Gasteiger partial charge in [0.25, 0.3) is 5.91 Å². The van der Waals surface area contributed by atoms with Crippen molar-refractivity contribution >= 4 is 37.5 Å². The lowest BCUT2D eigenvalue weighted by Gasteiger charge is -2.12. The summed E-state index contributed by atoms with van der Waals surface area (Å²) in [6.07, 6.45) is 0. The van der Waals surface area contributed by atoms with Crippen molar-refractivity contribution in [1.82, 2.24) is 4.57 Å². The number of hydrogen-bond acceptors (Lipinski definition) is 4. The SMILES string of the molecule is COc1ccc(S(N)(=O)=O)cc1NC(=O)c1cc(C)n(-c2cccc(Br)c2)c1C. The fraction of sp³-hybridized carbons (Fsp3) is 0.150. The number of nitrogens with two attached hydrogens (primary N) is 1. The number of halogens is 1. The van der Waals surface area contributed by atoms with E-state index in [4.69, 9.17) is 9.88 Å². The molecule has 0 radical (unpaired) electrons. The van der Waals surface area contributed by atoms with Crippen molar-refractivity contribution in [3.63, 3.8) is 0 Å². The molecular formula is C20H20BrN3O4S. The molecule has 0 aliphatic heterocycles. The van der Waals surface area contributed by atoms with Gasteiger partial charge in [0.1, 0.15) is 5.75 Å².